The minimum Gasteiger partial charge on any atom is -0.381 e. The zero-order valence-corrected chi connectivity index (χ0v) is 14.7. The number of nitrogens with zero attached hydrogens (tertiary/aromatic N) is 2. The van der Waals surface area contributed by atoms with E-state index in [1.807, 2.05) is 0 Å². The highest BCUT2D eigenvalue weighted by atomic mass is 16.5. The fraction of sp³-hybridized carbons (Fsp3) is 0.684. The van der Waals surface area contributed by atoms with Gasteiger partial charge < -0.3 is 14.8 Å². The number of fused-ring (bicyclic) bond motifs is 1. The van der Waals surface area contributed by atoms with Crippen LogP contribution in [0.5, 0.6) is 0 Å². The molecule has 136 valence electrons. The number of hydrogen-bond acceptors (Lipinski definition) is 4. The number of amides is 1. The Balaban J connectivity index is 1.36. The van der Waals surface area contributed by atoms with Crippen LogP contribution in [-0.2, 0) is 27.2 Å². The van der Waals surface area contributed by atoms with Crippen LogP contribution < -0.4 is 5.32 Å². The van der Waals surface area contributed by atoms with Crippen LogP contribution in [0.2, 0.25) is 0 Å². The highest BCUT2D eigenvalue weighted by Crippen LogP contribution is 2.27. The van der Waals surface area contributed by atoms with Crippen LogP contribution in [0.25, 0.3) is 0 Å². The van der Waals surface area contributed by atoms with Gasteiger partial charge in [-0.2, -0.15) is 5.10 Å². The van der Waals surface area contributed by atoms with Crippen molar-refractivity contribution in [3.63, 3.8) is 0 Å². The first-order valence-corrected chi connectivity index (χ1v) is 9.48. The molecule has 25 heavy (non-hydrogen) atoms. The van der Waals surface area contributed by atoms with Gasteiger partial charge in [0.1, 0.15) is 6.10 Å². The molecule has 1 aromatic rings. The van der Waals surface area contributed by atoms with Crippen molar-refractivity contribution >= 4 is 5.91 Å². The molecule has 1 amide bonds. The summed E-state index contributed by atoms with van der Waals surface area (Å²) in [6.07, 6.45) is 11.0. The van der Waals surface area contributed by atoms with Gasteiger partial charge in [0.25, 0.3) is 0 Å². The minimum atomic E-state index is -0.127. The average Bonchev–Trinajstić information content (AvgIpc) is 3.30. The molecule has 0 aromatic carbocycles. The molecule has 3 heterocycles. The first-order valence-electron chi connectivity index (χ1n) is 9.48. The SMILES string of the molecule is O=C(NC[C@@H]1OCCc2cn(CC3CCOCC3)nc21)C1CC=CC1. The number of hydrogen-bond donors (Lipinski definition) is 1. The number of ether oxygens (including phenoxy) is 2. The van der Waals surface area contributed by atoms with Gasteiger partial charge in [-0.05, 0) is 43.6 Å². The van der Waals surface area contributed by atoms with Crippen molar-refractivity contribution in [1.29, 1.82) is 0 Å². The zero-order chi connectivity index (χ0) is 17.1. The van der Waals surface area contributed by atoms with Crippen LogP contribution >= 0.6 is 0 Å². The van der Waals surface area contributed by atoms with Gasteiger partial charge >= 0.3 is 0 Å². The Morgan fingerprint density at radius 2 is 2.04 bits per heavy atom. The summed E-state index contributed by atoms with van der Waals surface area (Å²) in [6.45, 7) is 3.88. The van der Waals surface area contributed by atoms with Crippen LogP contribution in [0.4, 0.5) is 0 Å². The van der Waals surface area contributed by atoms with E-state index in [1.165, 1.54) is 5.56 Å². The van der Waals surface area contributed by atoms with Crippen molar-refractivity contribution in [2.75, 3.05) is 26.4 Å². The lowest BCUT2D eigenvalue weighted by atomic mass is 10.0. The highest BCUT2D eigenvalue weighted by Gasteiger charge is 2.27. The van der Waals surface area contributed by atoms with Crippen LogP contribution in [0.15, 0.2) is 18.3 Å². The summed E-state index contributed by atoms with van der Waals surface area (Å²) in [5, 5.41) is 7.85. The van der Waals surface area contributed by atoms with E-state index in [0.29, 0.717) is 19.1 Å². The molecule has 1 atom stereocenters. The largest absolute Gasteiger partial charge is 0.381 e. The van der Waals surface area contributed by atoms with Crippen molar-refractivity contribution < 1.29 is 14.3 Å². The monoisotopic (exact) mass is 345 g/mol. The average molecular weight is 345 g/mol. The second-order valence-electron chi connectivity index (χ2n) is 7.31. The van der Waals surface area contributed by atoms with E-state index in [2.05, 4.69) is 28.3 Å². The molecule has 1 aromatic heterocycles. The van der Waals surface area contributed by atoms with E-state index < -0.39 is 0 Å². The summed E-state index contributed by atoms with van der Waals surface area (Å²) in [5.74, 6) is 0.862. The molecular weight excluding hydrogens is 318 g/mol. The Hall–Kier alpha value is -1.66. The molecule has 0 radical (unpaired) electrons. The maximum atomic E-state index is 12.2. The van der Waals surface area contributed by atoms with Crippen molar-refractivity contribution in [3.8, 4) is 0 Å². The molecule has 1 fully saturated rings. The fourth-order valence-corrected chi connectivity index (χ4v) is 3.94. The van der Waals surface area contributed by atoms with Crippen LogP contribution in [0.1, 0.15) is 43.0 Å². The third kappa shape index (κ3) is 3.96. The summed E-state index contributed by atoms with van der Waals surface area (Å²) in [5.41, 5.74) is 2.27. The maximum absolute atomic E-state index is 12.2. The minimum absolute atomic E-state index is 0.0918. The van der Waals surface area contributed by atoms with Crippen molar-refractivity contribution in [3.05, 3.63) is 29.6 Å². The Morgan fingerprint density at radius 1 is 1.24 bits per heavy atom. The van der Waals surface area contributed by atoms with Gasteiger partial charge in [-0.3, -0.25) is 9.48 Å². The van der Waals surface area contributed by atoms with E-state index in [0.717, 1.165) is 57.6 Å². The molecule has 4 rings (SSSR count). The van der Waals surface area contributed by atoms with Crippen molar-refractivity contribution in [2.24, 2.45) is 11.8 Å². The first-order chi connectivity index (χ1) is 12.3. The van der Waals surface area contributed by atoms with Gasteiger partial charge in [0, 0.05) is 38.4 Å². The summed E-state index contributed by atoms with van der Waals surface area (Å²) in [6, 6.07) is 0. The van der Waals surface area contributed by atoms with Crippen LogP contribution in [0.3, 0.4) is 0 Å². The van der Waals surface area contributed by atoms with Crippen molar-refractivity contribution in [1.82, 2.24) is 15.1 Å². The Kier molecular flexibility index (Phi) is 5.17. The molecule has 2 aliphatic heterocycles. The maximum Gasteiger partial charge on any atom is 0.223 e. The second-order valence-corrected chi connectivity index (χ2v) is 7.31. The molecule has 0 unspecified atom stereocenters. The van der Waals surface area contributed by atoms with Gasteiger partial charge in [-0.15, -0.1) is 0 Å². The lowest BCUT2D eigenvalue weighted by Crippen LogP contribution is -2.35. The molecule has 0 bridgehead atoms. The van der Waals surface area contributed by atoms with E-state index in [9.17, 15) is 4.79 Å². The number of nitrogens with one attached hydrogen (secondary N) is 1. The number of allylic oxidation sites excluding steroid dienone is 2. The molecule has 0 saturated carbocycles. The lowest BCUT2D eigenvalue weighted by molar-refractivity contribution is -0.125. The summed E-state index contributed by atoms with van der Waals surface area (Å²) < 4.78 is 13.4. The van der Waals surface area contributed by atoms with E-state index >= 15 is 0 Å². The molecule has 6 heteroatoms. The third-order valence-electron chi connectivity index (χ3n) is 5.49. The summed E-state index contributed by atoms with van der Waals surface area (Å²) in [4.78, 5) is 12.2. The predicted octanol–water partition coefficient (Wildman–Crippen LogP) is 2.01. The zero-order valence-electron chi connectivity index (χ0n) is 14.7. The van der Waals surface area contributed by atoms with Gasteiger partial charge in [0.2, 0.25) is 5.91 Å². The third-order valence-corrected chi connectivity index (χ3v) is 5.49. The molecule has 1 saturated heterocycles. The lowest BCUT2D eigenvalue weighted by Gasteiger charge is -2.23. The molecule has 1 aliphatic carbocycles. The standard InChI is InChI=1S/C19H27N3O3/c23-19(15-3-1-2-4-15)20-11-17-18-16(7-10-25-17)13-22(21-18)12-14-5-8-24-9-6-14/h1-2,13-15,17H,3-12H2,(H,20,23)/t17-/m0/s1. The smallest absolute Gasteiger partial charge is 0.223 e. The Bertz CT molecular complexity index is 626. The number of carbonyl (C=O) groups is 1. The Labute approximate surface area is 148 Å². The van der Waals surface area contributed by atoms with Gasteiger partial charge in [-0.25, -0.2) is 0 Å². The quantitative estimate of drug-likeness (QED) is 0.829. The van der Waals surface area contributed by atoms with Crippen LogP contribution in [0, 0.1) is 11.8 Å². The van der Waals surface area contributed by atoms with E-state index in [4.69, 9.17) is 14.6 Å². The molecule has 0 spiro atoms. The van der Waals surface area contributed by atoms with Crippen molar-refractivity contribution in [2.45, 2.75) is 44.8 Å². The predicted molar refractivity (Wildman–Crippen MR) is 93.0 cm³/mol. The summed E-state index contributed by atoms with van der Waals surface area (Å²) in [7, 11) is 0. The van der Waals surface area contributed by atoms with Gasteiger partial charge in [0.05, 0.1) is 12.3 Å². The molecule has 1 N–H and O–H groups in total. The fourth-order valence-electron chi connectivity index (χ4n) is 3.94. The van der Waals surface area contributed by atoms with E-state index in [-0.39, 0.29) is 17.9 Å². The molecule has 3 aliphatic rings. The number of aromatic nitrogens is 2. The van der Waals surface area contributed by atoms with Crippen LogP contribution in [-0.4, -0.2) is 42.1 Å². The first kappa shape index (κ1) is 16.8. The topological polar surface area (TPSA) is 65.4 Å². The highest BCUT2D eigenvalue weighted by molar-refractivity contribution is 5.79. The summed E-state index contributed by atoms with van der Waals surface area (Å²) >= 11 is 0. The van der Waals surface area contributed by atoms with Gasteiger partial charge in [0.15, 0.2) is 0 Å². The molecular formula is C19H27N3O3. The molecule has 6 nitrogen and oxygen atoms in total. The number of rotatable bonds is 5. The normalized spacial score (nSPS) is 24.4. The van der Waals surface area contributed by atoms with Gasteiger partial charge in [-0.1, -0.05) is 12.2 Å². The second kappa shape index (κ2) is 7.70. The number of carbonyl (C=O) groups excluding carboxylic acids is 1. The van der Waals surface area contributed by atoms with E-state index in [1.54, 1.807) is 0 Å². The Morgan fingerprint density at radius 3 is 2.84 bits per heavy atom.